The standard InChI is InChI=1S/C25H27N4/c1-15(2)23-12-27-24(13-26-23)19-7-8-22-21(11-19)25(29(6)14-28-22)20-10-16(3)9-17(4)18(20)5/h7-15H,1-6H3/q+1. The quantitative estimate of drug-likeness (QED) is 0.455. The number of hydrogen-bond donors (Lipinski definition) is 0. The van der Waals surface area contributed by atoms with Crippen molar-refractivity contribution in [3.05, 3.63) is 71.4 Å². The van der Waals surface area contributed by atoms with Gasteiger partial charge in [0.1, 0.15) is 5.69 Å². The Morgan fingerprint density at radius 1 is 0.897 bits per heavy atom. The summed E-state index contributed by atoms with van der Waals surface area (Å²) < 4.78 is 2.11. The average molecular weight is 384 g/mol. The van der Waals surface area contributed by atoms with Crippen LogP contribution in [0.1, 0.15) is 42.1 Å². The molecule has 146 valence electrons. The highest BCUT2D eigenvalue weighted by Crippen LogP contribution is 2.32. The fourth-order valence-electron chi connectivity index (χ4n) is 3.80. The first kappa shape index (κ1) is 19.2. The van der Waals surface area contributed by atoms with Gasteiger partial charge in [-0.1, -0.05) is 25.5 Å². The lowest BCUT2D eigenvalue weighted by molar-refractivity contribution is -0.662. The van der Waals surface area contributed by atoms with Gasteiger partial charge in [0, 0.05) is 17.3 Å². The monoisotopic (exact) mass is 383 g/mol. The minimum Gasteiger partial charge on any atom is -0.257 e. The molecule has 0 amide bonds. The largest absolute Gasteiger partial charge is 0.287 e. The van der Waals surface area contributed by atoms with Crippen LogP contribution in [0.25, 0.3) is 33.4 Å². The van der Waals surface area contributed by atoms with E-state index in [1.54, 1.807) is 0 Å². The molecule has 2 aromatic heterocycles. The molecule has 2 aromatic carbocycles. The van der Waals surface area contributed by atoms with Crippen LogP contribution in [0.15, 0.2) is 49.1 Å². The van der Waals surface area contributed by atoms with Crippen molar-refractivity contribution in [2.45, 2.75) is 40.5 Å². The fourth-order valence-corrected chi connectivity index (χ4v) is 3.80. The van der Waals surface area contributed by atoms with Gasteiger partial charge in [0.2, 0.25) is 0 Å². The van der Waals surface area contributed by atoms with E-state index < -0.39 is 0 Å². The van der Waals surface area contributed by atoms with E-state index in [0.29, 0.717) is 5.92 Å². The maximum Gasteiger partial charge on any atom is 0.287 e. The number of fused-ring (bicyclic) bond motifs is 1. The molecule has 0 saturated heterocycles. The van der Waals surface area contributed by atoms with E-state index in [1.807, 2.05) is 18.7 Å². The van der Waals surface area contributed by atoms with E-state index in [2.05, 4.69) is 91.5 Å². The topological polar surface area (TPSA) is 42.6 Å². The summed E-state index contributed by atoms with van der Waals surface area (Å²) in [6.07, 6.45) is 5.64. The molecule has 29 heavy (non-hydrogen) atoms. The van der Waals surface area contributed by atoms with Crippen molar-refractivity contribution in [2.75, 3.05) is 0 Å². The van der Waals surface area contributed by atoms with Crippen LogP contribution in [0, 0.1) is 20.8 Å². The summed E-state index contributed by atoms with van der Waals surface area (Å²) in [6.45, 7) is 10.8. The second-order valence-electron chi connectivity index (χ2n) is 8.17. The van der Waals surface area contributed by atoms with E-state index in [-0.39, 0.29) is 0 Å². The summed E-state index contributed by atoms with van der Waals surface area (Å²) in [4.78, 5) is 13.9. The van der Waals surface area contributed by atoms with Crippen LogP contribution < -0.4 is 4.57 Å². The minimum absolute atomic E-state index is 0.371. The molecule has 0 aliphatic rings. The summed E-state index contributed by atoms with van der Waals surface area (Å²) in [5.74, 6) is 0.371. The molecule has 0 fully saturated rings. The van der Waals surface area contributed by atoms with Crippen LogP contribution in [0.3, 0.4) is 0 Å². The molecule has 4 aromatic rings. The molecule has 0 atom stereocenters. The van der Waals surface area contributed by atoms with E-state index in [9.17, 15) is 0 Å². The molecular weight excluding hydrogens is 356 g/mol. The molecule has 2 heterocycles. The van der Waals surface area contributed by atoms with Gasteiger partial charge in [0.15, 0.2) is 5.52 Å². The molecule has 4 nitrogen and oxygen atoms in total. The van der Waals surface area contributed by atoms with Crippen LogP contribution in [0.5, 0.6) is 0 Å². The highest BCUT2D eigenvalue weighted by atomic mass is 15.0. The Morgan fingerprint density at radius 3 is 2.38 bits per heavy atom. The molecule has 4 rings (SSSR count). The third kappa shape index (κ3) is 3.51. The van der Waals surface area contributed by atoms with Gasteiger partial charge in [-0.15, -0.1) is 0 Å². The van der Waals surface area contributed by atoms with E-state index in [1.165, 1.54) is 27.9 Å². The van der Waals surface area contributed by atoms with Crippen molar-refractivity contribution in [3.8, 4) is 22.5 Å². The zero-order chi connectivity index (χ0) is 20.7. The lowest BCUT2D eigenvalue weighted by Gasteiger charge is -2.13. The Bertz CT molecular complexity index is 1210. The van der Waals surface area contributed by atoms with Crippen LogP contribution >= 0.6 is 0 Å². The van der Waals surface area contributed by atoms with Gasteiger partial charge in [-0.05, 0) is 67.1 Å². The SMILES string of the molecule is Cc1cc(C)c(C)c(-c2c3cc(-c4cnc(C(C)C)cn4)ccc3nc[n+]2C)c1. The molecule has 0 unspecified atom stereocenters. The Balaban J connectivity index is 1.94. The van der Waals surface area contributed by atoms with Crippen molar-refractivity contribution < 1.29 is 4.57 Å². The zero-order valence-electron chi connectivity index (χ0n) is 18.0. The maximum absolute atomic E-state index is 4.66. The van der Waals surface area contributed by atoms with E-state index >= 15 is 0 Å². The van der Waals surface area contributed by atoms with Crippen molar-refractivity contribution in [2.24, 2.45) is 7.05 Å². The summed E-state index contributed by atoms with van der Waals surface area (Å²) in [5.41, 5.74) is 10.2. The van der Waals surface area contributed by atoms with Gasteiger partial charge in [-0.25, -0.2) is 4.57 Å². The fraction of sp³-hybridized carbons (Fsp3) is 0.280. The predicted octanol–water partition coefficient (Wildman–Crippen LogP) is 5.23. The van der Waals surface area contributed by atoms with Crippen LogP contribution in [0.4, 0.5) is 0 Å². The first-order valence-corrected chi connectivity index (χ1v) is 10.0. The Morgan fingerprint density at radius 2 is 1.69 bits per heavy atom. The Labute approximate surface area is 172 Å². The number of nitrogens with zero attached hydrogens (tertiary/aromatic N) is 4. The normalized spacial score (nSPS) is 11.4. The molecule has 4 heteroatoms. The van der Waals surface area contributed by atoms with E-state index in [4.69, 9.17) is 0 Å². The Hall–Kier alpha value is -3.14. The number of hydrogen-bond acceptors (Lipinski definition) is 3. The number of benzene rings is 2. The summed E-state index contributed by atoms with van der Waals surface area (Å²) >= 11 is 0. The molecular formula is C25H27N4+. The Kier molecular flexibility index (Phi) is 4.87. The van der Waals surface area contributed by atoms with Gasteiger partial charge in [-0.2, -0.15) is 0 Å². The summed E-state index contributed by atoms with van der Waals surface area (Å²) in [6, 6.07) is 10.8. The third-order valence-electron chi connectivity index (χ3n) is 5.60. The first-order valence-electron chi connectivity index (χ1n) is 10.0. The van der Waals surface area contributed by atoms with E-state index in [0.717, 1.165) is 27.9 Å². The van der Waals surface area contributed by atoms with Gasteiger partial charge in [0.05, 0.1) is 30.0 Å². The molecule has 0 bridgehead atoms. The smallest absolute Gasteiger partial charge is 0.257 e. The molecule has 0 N–H and O–H groups in total. The number of aromatic nitrogens is 4. The highest BCUT2D eigenvalue weighted by molar-refractivity contribution is 5.94. The van der Waals surface area contributed by atoms with Gasteiger partial charge in [-0.3, -0.25) is 9.97 Å². The van der Waals surface area contributed by atoms with Crippen molar-refractivity contribution in [1.82, 2.24) is 15.0 Å². The van der Waals surface area contributed by atoms with Crippen LogP contribution in [-0.4, -0.2) is 15.0 Å². The second-order valence-corrected chi connectivity index (χ2v) is 8.17. The first-order chi connectivity index (χ1) is 13.8. The van der Waals surface area contributed by atoms with Gasteiger partial charge >= 0.3 is 0 Å². The van der Waals surface area contributed by atoms with Gasteiger partial charge < -0.3 is 0 Å². The minimum atomic E-state index is 0.371. The third-order valence-corrected chi connectivity index (χ3v) is 5.60. The molecule has 0 spiro atoms. The predicted molar refractivity (Wildman–Crippen MR) is 118 cm³/mol. The molecule has 0 saturated carbocycles. The maximum atomic E-state index is 4.66. The van der Waals surface area contributed by atoms with Crippen molar-refractivity contribution >= 4 is 10.9 Å². The lowest BCUT2D eigenvalue weighted by atomic mass is 9.95. The molecule has 0 aliphatic carbocycles. The number of aryl methyl sites for hydroxylation is 3. The summed E-state index contributed by atoms with van der Waals surface area (Å²) in [5, 5.41) is 1.12. The lowest BCUT2D eigenvalue weighted by Crippen LogP contribution is -2.32. The summed E-state index contributed by atoms with van der Waals surface area (Å²) in [7, 11) is 2.06. The molecule has 0 radical (unpaired) electrons. The highest BCUT2D eigenvalue weighted by Gasteiger charge is 2.19. The second kappa shape index (κ2) is 7.36. The van der Waals surface area contributed by atoms with Crippen molar-refractivity contribution in [3.63, 3.8) is 0 Å². The number of rotatable bonds is 3. The molecule has 0 aliphatic heterocycles. The van der Waals surface area contributed by atoms with Crippen molar-refractivity contribution in [1.29, 1.82) is 0 Å². The van der Waals surface area contributed by atoms with Gasteiger partial charge in [0.25, 0.3) is 6.33 Å². The van der Waals surface area contributed by atoms with Crippen LogP contribution in [-0.2, 0) is 7.05 Å². The van der Waals surface area contributed by atoms with Crippen LogP contribution in [0.2, 0.25) is 0 Å². The average Bonchev–Trinajstić information content (AvgIpc) is 2.70. The zero-order valence-corrected chi connectivity index (χ0v) is 18.0.